The van der Waals surface area contributed by atoms with Crippen LogP contribution in [-0.2, 0) is 6.42 Å². The highest BCUT2D eigenvalue weighted by Crippen LogP contribution is 2.18. The fourth-order valence-electron chi connectivity index (χ4n) is 1.92. The van der Waals surface area contributed by atoms with E-state index in [2.05, 4.69) is 20.6 Å². The molecule has 0 atom stereocenters. The summed E-state index contributed by atoms with van der Waals surface area (Å²) in [5.41, 5.74) is 6.79. The Morgan fingerprint density at radius 1 is 1.20 bits per heavy atom. The molecule has 6 nitrogen and oxygen atoms in total. The Labute approximate surface area is 118 Å². The summed E-state index contributed by atoms with van der Waals surface area (Å²) in [6.07, 6.45) is 0.836. The molecular formula is C14H19N5O. The maximum absolute atomic E-state index is 5.64. The first-order valence-electron chi connectivity index (χ1n) is 6.41. The summed E-state index contributed by atoms with van der Waals surface area (Å²) in [4.78, 5) is 8.18. The highest BCUT2D eigenvalue weighted by Gasteiger charge is 2.03. The summed E-state index contributed by atoms with van der Waals surface area (Å²) >= 11 is 0. The van der Waals surface area contributed by atoms with Crippen molar-refractivity contribution in [3.05, 3.63) is 35.9 Å². The van der Waals surface area contributed by atoms with Gasteiger partial charge in [0.25, 0.3) is 0 Å². The number of aromatic nitrogens is 2. The summed E-state index contributed by atoms with van der Waals surface area (Å²) in [5, 5.41) is 6.18. The molecular weight excluding hydrogens is 254 g/mol. The Kier molecular flexibility index (Phi) is 4.60. The molecule has 0 fully saturated rings. The van der Waals surface area contributed by atoms with Crippen LogP contribution in [0.5, 0.6) is 5.75 Å². The average molecular weight is 273 g/mol. The molecule has 0 saturated heterocycles. The van der Waals surface area contributed by atoms with E-state index in [0.717, 1.165) is 24.3 Å². The van der Waals surface area contributed by atoms with Crippen molar-refractivity contribution in [2.45, 2.75) is 6.42 Å². The second-order valence-electron chi connectivity index (χ2n) is 4.24. The SMILES string of the molecule is CNc1cc(NCCc2ccccc2OC)nc(N)n1. The lowest BCUT2D eigenvalue weighted by atomic mass is 10.1. The van der Waals surface area contributed by atoms with E-state index in [4.69, 9.17) is 10.5 Å². The number of hydrogen-bond acceptors (Lipinski definition) is 6. The Morgan fingerprint density at radius 3 is 2.70 bits per heavy atom. The quantitative estimate of drug-likeness (QED) is 0.743. The van der Waals surface area contributed by atoms with Gasteiger partial charge in [0.05, 0.1) is 7.11 Å². The van der Waals surface area contributed by atoms with Crippen LogP contribution in [0.1, 0.15) is 5.56 Å². The van der Waals surface area contributed by atoms with E-state index in [9.17, 15) is 0 Å². The van der Waals surface area contributed by atoms with Crippen molar-refractivity contribution in [3.8, 4) is 5.75 Å². The number of nitrogens with zero attached hydrogens (tertiary/aromatic N) is 2. The van der Waals surface area contributed by atoms with Crippen LogP contribution in [0, 0.1) is 0 Å². The monoisotopic (exact) mass is 273 g/mol. The van der Waals surface area contributed by atoms with Crippen molar-refractivity contribution in [2.24, 2.45) is 0 Å². The van der Waals surface area contributed by atoms with E-state index in [1.54, 1.807) is 14.2 Å². The summed E-state index contributed by atoms with van der Waals surface area (Å²) in [6, 6.07) is 9.78. The second kappa shape index (κ2) is 6.60. The number of methoxy groups -OCH3 is 1. The van der Waals surface area contributed by atoms with Gasteiger partial charge in [-0.2, -0.15) is 9.97 Å². The van der Waals surface area contributed by atoms with Crippen molar-refractivity contribution in [2.75, 3.05) is 37.1 Å². The van der Waals surface area contributed by atoms with Gasteiger partial charge in [-0.1, -0.05) is 18.2 Å². The lowest BCUT2D eigenvalue weighted by Gasteiger charge is -2.10. The van der Waals surface area contributed by atoms with Crippen molar-refractivity contribution in [1.29, 1.82) is 0 Å². The Balaban J connectivity index is 1.97. The summed E-state index contributed by atoms with van der Waals surface area (Å²) < 4.78 is 5.32. The molecule has 6 heteroatoms. The predicted molar refractivity (Wildman–Crippen MR) is 81.2 cm³/mol. The van der Waals surface area contributed by atoms with E-state index in [-0.39, 0.29) is 5.95 Å². The zero-order valence-electron chi connectivity index (χ0n) is 11.7. The molecule has 0 amide bonds. The first-order valence-corrected chi connectivity index (χ1v) is 6.41. The third kappa shape index (κ3) is 3.50. The van der Waals surface area contributed by atoms with Crippen molar-refractivity contribution < 1.29 is 4.74 Å². The van der Waals surface area contributed by atoms with E-state index >= 15 is 0 Å². The van der Waals surface area contributed by atoms with Crippen LogP contribution in [0.25, 0.3) is 0 Å². The van der Waals surface area contributed by atoms with Crippen LogP contribution in [0.4, 0.5) is 17.6 Å². The molecule has 20 heavy (non-hydrogen) atoms. The molecule has 1 heterocycles. The van der Waals surface area contributed by atoms with Crippen LogP contribution < -0.4 is 21.1 Å². The number of nitrogens with two attached hydrogens (primary N) is 1. The molecule has 0 aliphatic carbocycles. The summed E-state index contributed by atoms with van der Waals surface area (Å²) in [6.45, 7) is 0.736. The van der Waals surface area contributed by atoms with E-state index in [0.29, 0.717) is 11.6 Å². The minimum atomic E-state index is 0.247. The number of anilines is 3. The molecule has 0 saturated carbocycles. The Morgan fingerprint density at radius 2 is 1.95 bits per heavy atom. The lowest BCUT2D eigenvalue weighted by molar-refractivity contribution is 0.410. The molecule has 0 aliphatic rings. The van der Waals surface area contributed by atoms with E-state index in [1.165, 1.54) is 0 Å². The van der Waals surface area contributed by atoms with Crippen LogP contribution in [0.2, 0.25) is 0 Å². The van der Waals surface area contributed by atoms with Crippen LogP contribution in [0.15, 0.2) is 30.3 Å². The third-order valence-electron chi connectivity index (χ3n) is 2.89. The number of para-hydroxylation sites is 1. The maximum Gasteiger partial charge on any atom is 0.223 e. The van der Waals surface area contributed by atoms with Crippen LogP contribution in [-0.4, -0.2) is 30.7 Å². The molecule has 1 aromatic heterocycles. The molecule has 0 aliphatic heterocycles. The molecule has 2 aromatic rings. The Bertz CT molecular complexity index is 573. The van der Waals surface area contributed by atoms with Crippen molar-refractivity contribution in [3.63, 3.8) is 0 Å². The number of benzene rings is 1. The Hall–Kier alpha value is -2.50. The fourth-order valence-corrected chi connectivity index (χ4v) is 1.92. The molecule has 1 aromatic carbocycles. The zero-order valence-corrected chi connectivity index (χ0v) is 11.7. The standard InChI is InChI=1S/C14H19N5O/c1-16-12-9-13(19-14(15)18-12)17-8-7-10-5-3-4-6-11(10)20-2/h3-6,9H,7-8H2,1-2H3,(H4,15,16,17,18,19). The molecule has 4 N–H and O–H groups in total. The summed E-state index contributed by atoms with van der Waals surface area (Å²) in [5.74, 6) is 2.54. The largest absolute Gasteiger partial charge is 0.496 e. The van der Waals surface area contributed by atoms with E-state index < -0.39 is 0 Å². The maximum atomic E-state index is 5.64. The minimum absolute atomic E-state index is 0.247. The summed E-state index contributed by atoms with van der Waals surface area (Å²) in [7, 11) is 3.47. The minimum Gasteiger partial charge on any atom is -0.496 e. The van der Waals surface area contributed by atoms with Gasteiger partial charge in [0.1, 0.15) is 17.4 Å². The predicted octanol–water partition coefficient (Wildman–Crippen LogP) is 1.76. The van der Waals surface area contributed by atoms with Gasteiger partial charge in [-0.05, 0) is 18.1 Å². The van der Waals surface area contributed by atoms with Crippen molar-refractivity contribution in [1.82, 2.24) is 9.97 Å². The number of rotatable bonds is 6. The van der Waals surface area contributed by atoms with Gasteiger partial charge >= 0.3 is 0 Å². The van der Waals surface area contributed by atoms with E-state index in [1.807, 2.05) is 30.3 Å². The van der Waals surface area contributed by atoms with Crippen molar-refractivity contribution >= 4 is 17.6 Å². The third-order valence-corrected chi connectivity index (χ3v) is 2.89. The highest BCUT2D eigenvalue weighted by atomic mass is 16.5. The topological polar surface area (TPSA) is 85.1 Å². The van der Waals surface area contributed by atoms with Gasteiger partial charge in [0.2, 0.25) is 5.95 Å². The number of hydrogen-bond donors (Lipinski definition) is 3. The second-order valence-corrected chi connectivity index (χ2v) is 4.24. The van der Waals surface area contributed by atoms with Crippen LogP contribution in [0.3, 0.4) is 0 Å². The first kappa shape index (κ1) is 13.9. The lowest BCUT2D eigenvalue weighted by Crippen LogP contribution is -2.09. The molecule has 0 unspecified atom stereocenters. The fraction of sp³-hybridized carbons (Fsp3) is 0.286. The number of nitrogens with one attached hydrogen (secondary N) is 2. The van der Waals surface area contributed by atoms with Gasteiger partial charge < -0.3 is 21.1 Å². The normalized spacial score (nSPS) is 10.1. The average Bonchev–Trinajstić information content (AvgIpc) is 2.47. The number of ether oxygens (including phenoxy) is 1. The van der Waals surface area contributed by atoms with Gasteiger partial charge in [0.15, 0.2) is 0 Å². The van der Waals surface area contributed by atoms with Gasteiger partial charge in [-0.25, -0.2) is 0 Å². The smallest absolute Gasteiger partial charge is 0.223 e. The molecule has 2 rings (SSSR count). The molecule has 0 bridgehead atoms. The van der Waals surface area contributed by atoms with Crippen LogP contribution >= 0.6 is 0 Å². The number of nitrogen functional groups attached to an aromatic ring is 1. The van der Waals surface area contributed by atoms with Gasteiger partial charge in [-0.15, -0.1) is 0 Å². The van der Waals surface area contributed by atoms with Gasteiger partial charge in [-0.3, -0.25) is 0 Å². The molecule has 0 spiro atoms. The zero-order chi connectivity index (χ0) is 14.4. The first-order chi connectivity index (χ1) is 9.72. The molecule has 106 valence electrons. The highest BCUT2D eigenvalue weighted by molar-refractivity contribution is 5.50. The van der Waals surface area contributed by atoms with Gasteiger partial charge in [0, 0.05) is 19.7 Å². The molecule has 0 radical (unpaired) electrons.